The SMILES string of the molecule is N[C@H](C(=O)O)C(=O)N[C@@H](C=O)Cc1ccccc1. The van der Waals surface area contributed by atoms with Crippen molar-refractivity contribution in [1.29, 1.82) is 0 Å². The molecule has 4 N–H and O–H groups in total. The second-order valence-electron chi connectivity index (χ2n) is 3.76. The molecule has 0 saturated carbocycles. The maximum Gasteiger partial charge on any atom is 0.330 e. The normalized spacial score (nSPS) is 13.4. The van der Waals surface area contributed by atoms with Crippen LogP contribution in [0.4, 0.5) is 0 Å². The summed E-state index contributed by atoms with van der Waals surface area (Å²) in [4.78, 5) is 32.7. The Bertz CT molecular complexity index is 433. The van der Waals surface area contributed by atoms with Gasteiger partial charge in [0.05, 0.1) is 6.04 Å². The summed E-state index contributed by atoms with van der Waals surface area (Å²) in [5, 5.41) is 10.8. The van der Waals surface area contributed by atoms with Crippen molar-refractivity contribution < 1.29 is 19.5 Å². The molecule has 0 heterocycles. The van der Waals surface area contributed by atoms with E-state index in [9.17, 15) is 14.4 Å². The van der Waals surface area contributed by atoms with Gasteiger partial charge in [-0.25, -0.2) is 4.79 Å². The summed E-state index contributed by atoms with van der Waals surface area (Å²) in [6, 6.07) is 6.61. The maximum atomic E-state index is 11.4. The molecule has 18 heavy (non-hydrogen) atoms. The predicted octanol–water partition coefficient (Wildman–Crippen LogP) is -0.675. The molecule has 0 fully saturated rings. The van der Waals surface area contributed by atoms with Gasteiger partial charge in [-0.2, -0.15) is 0 Å². The fourth-order valence-electron chi connectivity index (χ4n) is 1.39. The van der Waals surface area contributed by atoms with Gasteiger partial charge >= 0.3 is 5.97 Å². The zero-order valence-corrected chi connectivity index (χ0v) is 9.58. The van der Waals surface area contributed by atoms with Crippen LogP contribution in [0.2, 0.25) is 0 Å². The smallest absolute Gasteiger partial charge is 0.330 e. The fourth-order valence-corrected chi connectivity index (χ4v) is 1.39. The number of carboxylic acids is 1. The van der Waals surface area contributed by atoms with Crippen LogP contribution in [-0.4, -0.2) is 35.4 Å². The van der Waals surface area contributed by atoms with Crippen molar-refractivity contribution >= 4 is 18.2 Å². The van der Waals surface area contributed by atoms with E-state index in [0.717, 1.165) is 5.56 Å². The molecule has 0 saturated heterocycles. The molecule has 0 aliphatic rings. The fraction of sp³-hybridized carbons (Fsp3) is 0.250. The van der Waals surface area contributed by atoms with Crippen LogP contribution in [0.15, 0.2) is 30.3 Å². The van der Waals surface area contributed by atoms with E-state index in [-0.39, 0.29) is 0 Å². The monoisotopic (exact) mass is 250 g/mol. The molecule has 1 aromatic rings. The van der Waals surface area contributed by atoms with Crippen molar-refractivity contribution in [3.63, 3.8) is 0 Å². The van der Waals surface area contributed by atoms with E-state index < -0.39 is 24.0 Å². The zero-order valence-electron chi connectivity index (χ0n) is 9.58. The van der Waals surface area contributed by atoms with E-state index in [1.54, 1.807) is 12.1 Å². The first-order valence-electron chi connectivity index (χ1n) is 5.32. The maximum absolute atomic E-state index is 11.4. The Hall–Kier alpha value is -2.21. The van der Waals surface area contributed by atoms with E-state index >= 15 is 0 Å². The van der Waals surface area contributed by atoms with Crippen LogP contribution in [0.1, 0.15) is 5.56 Å². The van der Waals surface area contributed by atoms with Gasteiger partial charge in [0.2, 0.25) is 5.91 Å². The molecule has 0 aliphatic carbocycles. The van der Waals surface area contributed by atoms with Crippen LogP contribution < -0.4 is 11.1 Å². The molecule has 6 heteroatoms. The summed E-state index contributed by atoms with van der Waals surface area (Å²) in [5.41, 5.74) is 5.99. The lowest BCUT2D eigenvalue weighted by molar-refractivity contribution is -0.143. The first-order valence-corrected chi connectivity index (χ1v) is 5.32. The van der Waals surface area contributed by atoms with Crippen molar-refractivity contribution in [2.24, 2.45) is 5.73 Å². The summed E-state index contributed by atoms with van der Waals surface area (Å²) in [7, 11) is 0. The topological polar surface area (TPSA) is 109 Å². The number of aldehydes is 1. The first-order chi connectivity index (χ1) is 8.54. The molecular formula is C12H14N2O4. The quantitative estimate of drug-likeness (QED) is 0.458. The molecule has 1 amide bonds. The lowest BCUT2D eigenvalue weighted by Gasteiger charge is -2.14. The summed E-state index contributed by atoms with van der Waals surface area (Å²) < 4.78 is 0. The molecule has 0 unspecified atom stereocenters. The number of rotatable bonds is 6. The predicted molar refractivity (Wildman–Crippen MR) is 63.8 cm³/mol. The second-order valence-corrected chi connectivity index (χ2v) is 3.76. The van der Waals surface area contributed by atoms with Gasteiger partial charge < -0.3 is 21.0 Å². The van der Waals surface area contributed by atoms with Crippen molar-refractivity contribution in [1.82, 2.24) is 5.32 Å². The Morgan fingerprint density at radius 2 is 1.94 bits per heavy atom. The highest BCUT2D eigenvalue weighted by atomic mass is 16.4. The number of amides is 1. The lowest BCUT2D eigenvalue weighted by Crippen LogP contribution is -2.50. The number of hydrogen-bond acceptors (Lipinski definition) is 4. The highest BCUT2D eigenvalue weighted by Crippen LogP contribution is 2.02. The Labute approximate surface area is 104 Å². The number of nitrogens with one attached hydrogen (secondary N) is 1. The minimum atomic E-state index is -1.66. The first kappa shape index (κ1) is 13.9. The molecule has 1 rings (SSSR count). The summed E-state index contributed by atoms with van der Waals surface area (Å²) >= 11 is 0. The van der Waals surface area contributed by atoms with Crippen molar-refractivity contribution in [2.45, 2.75) is 18.5 Å². The molecule has 0 aromatic heterocycles. The van der Waals surface area contributed by atoms with Crippen LogP contribution >= 0.6 is 0 Å². The van der Waals surface area contributed by atoms with Gasteiger partial charge in [-0.3, -0.25) is 4.79 Å². The highest BCUT2D eigenvalue weighted by molar-refractivity contribution is 6.01. The minimum Gasteiger partial charge on any atom is -0.480 e. The van der Waals surface area contributed by atoms with Gasteiger partial charge in [-0.1, -0.05) is 30.3 Å². The summed E-state index contributed by atoms with van der Waals surface area (Å²) in [6.45, 7) is 0. The van der Waals surface area contributed by atoms with Gasteiger partial charge in [0.25, 0.3) is 0 Å². The van der Waals surface area contributed by atoms with E-state index in [1.807, 2.05) is 18.2 Å². The molecule has 0 spiro atoms. The molecule has 0 radical (unpaired) electrons. The average Bonchev–Trinajstić information content (AvgIpc) is 2.37. The molecule has 0 aliphatic heterocycles. The molecule has 96 valence electrons. The van der Waals surface area contributed by atoms with Crippen LogP contribution in [-0.2, 0) is 20.8 Å². The third-order valence-corrected chi connectivity index (χ3v) is 2.34. The number of aliphatic carboxylic acids is 1. The number of carbonyl (C=O) groups excluding carboxylic acids is 2. The van der Waals surface area contributed by atoms with Crippen LogP contribution in [0.3, 0.4) is 0 Å². The molecule has 2 atom stereocenters. The van der Waals surface area contributed by atoms with Gasteiger partial charge in [-0.15, -0.1) is 0 Å². The van der Waals surface area contributed by atoms with Gasteiger partial charge in [-0.05, 0) is 12.0 Å². The van der Waals surface area contributed by atoms with Gasteiger partial charge in [0.1, 0.15) is 6.29 Å². The molecular weight excluding hydrogens is 236 g/mol. The third-order valence-electron chi connectivity index (χ3n) is 2.34. The standard InChI is InChI=1S/C12H14N2O4/c13-10(12(17)18)11(16)14-9(7-15)6-8-4-2-1-3-5-8/h1-5,7,9-10H,6,13H2,(H,14,16)(H,17,18)/t9-,10+/m1/s1. The lowest BCUT2D eigenvalue weighted by atomic mass is 10.1. The van der Waals surface area contributed by atoms with Crippen molar-refractivity contribution in [2.75, 3.05) is 0 Å². The number of carbonyl (C=O) groups is 3. The number of hydrogen-bond donors (Lipinski definition) is 3. The molecule has 0 bridgehead atoms. The van der Waals surface area contributed by atoms with E-state index in [4.69, 9.17) is 10.8 Å². The van der Waals surface area contributed by atoms with E-state index in [2.05, 4.69) is 5.32 Å². The van der Waals surface area contributed by atoms with E-state index in [0.29, 0.717) is 12.7 Å². The number of benzene rings is 1. The molecule has 1 aromatic carbocycles. The minimum absolute atomic E-state index is 0.294. The van der Waals surface area contributed by atoms with Crippen LogP contribution in [0.25, 0.3) is 0 Å². The Morgan fingerprint density at radius 1 is 1.33 bits per heavy atom. The summed E-state index contributed by atoms with van der Waals surface area (Å²) in [6.07, 6.45) is 0.849. The summed E-state index contributed by atoms with van der Waals surface area (Å²) in [5.74, 6) is -2.31. The zero-order chi connectivity index (χ0) is 13.5. The van der Waals surface area contributed by atoms with Crippen LogP contribution in [0.5, 0.6) is 0 Å². The van der Waals surface area contributed by atoms with Gasteiger partial charge in [0.15, 0.2) is 6.04 Å². The van der Waals surface area contributed by atoms with Gasteiger partial charge in [0, 0.05) is 0 Å². The number of nitrogens with two attached hydrogens (primary N) is 1. The molecule has 6 nitrogen and oxygen atoms in total. The van der Waals surface area contributed by atoms with Crippen LogP contribution in [0, 0.1) is 0 Å². The van der Waals surface area contributed by atoms with E-state index in [1.165, 1.54) is 0 Å². The largest absolute Gasteiger partial charge is 0.480 e. The average molecular weight is 250 g/mol. The Balaban J connectivity index is 2.60. The van der Waals surface area contributed by atoms with Crippen molar-refractivity contribution in [3.8, 4) is 0 Å². The third kappa shape index (κ3) is 3.99. The Kier molecular flexibility index (Phi) is 5.01. The highest BCUT2D eigenvalue weighted by Gasteiger charge is 2.23. The number of carboxylic acid groups (broad SMARTS) is 1. The van der Waals surface area contributed by atoms with Crippen molar-refractivity contribution in [3.05, 3.63) is 35.9 Å². The Morgan fingerprint density at radius 3 is 2.44 bits per heavy atom. The second kappa shape index (κ2) is 6.51.